The molecule has 33 heavy (non-hydrogen) atoms. The molecule has 0 aromatic heterocycles. The Balaban J connectivity index is 1.55. The standard InChI is InChI=1S/C23H17Cl4N3O3/c1-13(29-30-22(31)12-33-21-9-5-16(25)11-20(21)27)14-2-6-17(7-3-14)28-23(32)18-8-4-15(24)10-19(18)26/h2-11H,12H2,1H3,(H,28,32)(H,30,31). The highest BCUT2D eigenvalue weighted by atomic mass is 35.5. The summed E-state index contributed by atoms with van der Waals surface area (Å²) in [5.41, 5.74) is 4.61. The van der Waals surface area contributed by atoms with Crippen molar-refractivity contribution in [1.29, 1.82) is 0 Å². The summed E-state index contributed by atoms with van der Waals surface area (Å²) in [4.78, 5) is 24.4. The molecule has 0 aliphatic heterocycles. The Bertz CT molecular complexity index is 1210. The Morgan fingerprint density at radius 2 is 1.52 bits per heavy atom. The zero-order chi connectivity index (χ0) is 24.0. The molecular formula is C23H17Cl4N3O3. The normalized spacial score (nSPS) is 11.1. The summed E-state index contributed by atoms with van der Waals surface area (Å²) in [6, 6.07) is 16.3. The topological polar surface area (TPSA) is 79.8 Å². The second-order valence-corrected chi connectivity index (χ2v) is 8.44. The minimum atomic E-state index is -0.455. The summed E-state index contributed by atoms with van der Waals surface area (Å²) in [5, 5.41) is 8.31. The molecule has 10 heteroatoms. The van der Waals surface area contributed by atoms with Crippen molar-refractivity contribution in [1.82, 2.24) is 5.43 Å². The first kappa shape index (κ1) is 24.9. The number of hydrogen-bond donors (Lipinski definition) is 2. The van der Waals surface area contributed by atoms with Gasteiger partial charge < -0.3 is 10.1 Å². The van der Waals surface area contributed by atoms with Crippen molar-refractivity contribution >= 4 is 69.6 Å². The molecule has 0 saturated carbocycles. The Morgan fingerprint density at radius 1 is 0.879 bits per heavy atom. The molecule has 3 aromatic rings. The first-order valence-corrected chi connectivity index (χ1v) is 11.0. The largest absolute Gasteiger partial charge is 0.482 e. The van der Waals surface area contributed by atoms with Crippen LogP contribution in [0.2, 0.25) is 20.1 Å². The molecule has 0 fully saturated rings. The van der Waals surface area contributed by atoms with Gasteiger partial charge in [0.2, 0.25) is 0 Å². The number of carbonyl (C=O) groups is 2. The van der Waals surface area contributed by atoms with E-state index in [-0.39, 0.29) is 17.5 Å². The maximum absolute atomic E-state index is 12.4. The van der Waals surface area contributed by atoms with E-state index in [1.54, 1.807) is 55.5 Å². The van der Waals surface area contributed by atoms with Crippen molar-refractivity contribution in [2.24, 2.45) is 5.10 Å². The van der Waals surface area contributed by atoms with Crippen LogP contribution in [-0.2, 0) is 4.79 Å². The van der Waals surface area contributed by atoms with Crippen molar-refractivity contribution in [3.63, 3.8) is 0 Å². The molecule has 0 spiro atoms. The zero-order valence-electron chi connectivity index (χ0n) is 17.2. The maximum Gasteiger partial charge on any atom is 0.277 e. The minimum absolute atomic E-state index is 0.262. The van der Waals surface area contributed by atoms with E-state index >= 15 is 0 Å². The molecule has 0 radical (unpaired) electrons. The van der Waals surface area contributed by atoms with Gasteiger partial charge in [0, 0.05) is 15.7 Å². The average molecular weight is 525 g/mol. The Morgan fingerprint density at radius 3 is 2.15 bits per heavy atom. The van der Waals surface area contributed by atoms with Gasteiger partial charge in [-0.1, -0.05) is 58.5 Å². The number of amides is 2. The van der Waals surface area contributed by atoms with Gasteiger partial charge in [0.15, 0.2) is 6.61 Å². The average Bonchev–Trinajstić information content (AvgIpc) is 2.77. The van der Waals surface area contributed by atoms with E-state index in [1.165, 1.54) is 12.1 Å². The number of benzene rings is 3. The number of carbonyl (C=O) groups excluding carboxylic acids is 2. The van der Waals surface area contributed by atoms with E-state index in [4.69, 9.17) is 51.1 Å². The third-order valence-electron chi connectivity index (χ3n) is 4.34. The predicted octanol–water partition coefficient (Wildman–Crippen LogP) is 6.47. The number of ether oxygens (including phenoxy) is 1. The van der Waals surface area contributed by atoms with Crippen LogP contribution >= 0.6 is 46.4 Å². The molecule has 2 N–H and O–H groups in total. The van der Waals surface area contributed by atoms with Crippen molar-refractivity contribution in [3.05, 3.63) is 91.9 Å². The van der Waals surface area contributed by atoms with Gasteiger partial charge >= 0.3 is 0 Å². The molecule has 0 bridgehead atoms. The summed E-state index contributed by atoms with van der Waals surface area (Å²) in [6.07, 6.45) is 0. The first-order chi connectivity index (χ1) is 15.7. The maximum atomic E-state index is 12.4. The predicted molar refractivity (Wildman–Crippen MR) is 133 cm³/mol. The smallest absolute Gasteiger partial charge is 0.277 e. The first-order valence-electron chi connectivity index (χ1n) is 9.51. The summed E-state index contributed by atoms with van der Waals surface area (Å²) >= 11 is 23.8. The van der Waals surface area contributed by atoms with E-state index < -0.39 is 5.91 Å². The molecule has 0 aliphatic carbocycles. The number of rotatable bonds is 7. The molecule has 0 atom stereocenters. The molecule has 0 saturated heterocycles. The lowest BCUT2D eigenvalue weighted by Crippen LogP contribution is -2.25. The summed E-state index contributed by atoms with van der Waals surface area (Å²) in [6.45, 7) is 1.47. The van der Waals surface area contributed by atoms with Gasteiger partial charge in [-0.15, -0.1) is 0 Å². The van der Waals surface area contributed by atoms with Crippen LogP contribution < -0.4 is 15.5 Å². The molecule has 2 amide bonds. The van der Waals surface area contributed by atoms with E-state index in [1.807, 2.05) is 0 Å². The van der Waals surface area contributed by atoms with E-state index in [0.717, 1.165) is 5.56 Å². The molecule has 3 rings (SSSR count). The lowest BCUT2D eigenvalue weighted by molar-refractivity contribution is -0.123. The monoisotopic (exact) mass is 523 g/mol. The SMILES string of the molecule is CC(=NNC(=O)COc1ccc(Cl)cc1Cl)c1ccc(NC(=O)c2ccc(Cl)cc2Cl)cc1. The molecule has 3 aromatic carbocycles. The number of hydrogen-bond acceptors (Lipinski definition) is 4. The van der Waals surface area contributed by atoms with Crippen LogP contribution in [0.3, 0.4) is 0 Å². The van der Waals surface area contributed by atoms with Gasteiger partial charge in [-0.05, 0) is 61.0 Å². The number of anilines is 1. The van der Waals surface area contributed by atoms with Crippen LogP contribution in [0.25, 0.3) is 0 Å². The fourth-order valence-corrected chi connectivity index (χ4v) is 3.60. The third kappa shape index (κ3) is 7.11. The van der Waals surface area contributed by atoms with Crippen LogP contribution in [-0.4, -0.2) is 24.1 Å². The van der Waals surface area contributed by atoms with Gasteiger partial charge in [-0.25, -0.2) is 5.43 Å². The van der Waals surface area contributed by atoms with Crippen LogP contribution in [0.5, 0.6) is 5.75 Å². The fourth-order valence-electron chi connectivity index (χ4n) is 2.65. The number of nitrogens with zero attached hydrogens (tertiary/aromatic N) is 1. The van der Waals surface area contributed by atoms with Gasteiger partial charge in [-0.2, -0.15) is 5.10 Å². The minimum Gasteiger partial charge on any atom is -0.482 e. The highest BCUT2D eigenvalue weighted by molar-refractivity contribution is 6.37. The van der Waals surface area contributed by atoms with Crippen LogP contribution in [0, 0.1) is 0 Å². The molecule has 0 aliphatic rings. The van der Waals surface area contributed by atoms with Crippen molar-refractivity contribution in [2.45, 2.75) is 6.92 Å². The van der Waals surface area contributed by atoms with E-state index in [2.05, 4.69) is 15.8 Å². The second-order valence-electron chi connectivity index (χ2n) is 6.75. The number of nitrogens with one attached hydrogen (secondary N) is 2. The molecule has 0 unspecified atom stereocenters. The molecular weight excluding hydrogens is 508 g/mol. The van der Waals surface area contributed by atoms with Crippen molar-refractivity contribution in [2.75, 3.05) is 11.9 Å². The van der Waals surface area contributed by atoms with Crippen molar-refractivity contribution in [3.8, 4) is 5.75 Å². The van der Waals surface area contributed by atoms with E-state index in [9.17, 15) is 9.59 Å². The third-order valence-corrected chi connectivity index (χ3v) is 5.42. The van der Waals surface area contributed by atoms with Gasteiger partial charge in [-0.3, -0.25) is 9.59 Å². The Labute approximate surface area is 210 Å². The highest BCUT2D eigenvalue weighted by Crippen LogP contribution is 2.27. The quantitative estimate of drug-likeness (QED) is 0.274. The Hall–Kier alpha value is -2.77. The summed E-state index contributed by atoms with van der Waals surface area (Å²) in [5.74, 6) is -0.471. The zero-order valence-corrected chi connectivity index (χ0v) is 20.2. The number of hydrazone groups is 1. The number of halogens is 4. The van der Waals surface area contributed by atoms with E-state index in [0.29, 0.717) is 37.8 Å². The molecule has 170 valence electrons. The summed E-state index contributed by atoms with van der Waals surface area (Å²) < 4.78 is 5.37. The Kier molecular flexibility index (Phi) is 8.58. The van der Waals surface area contributed by atoms with Gasteiger partial charge in [0.05, 0.1) is 21.3 Å². The fraction of sp³-hybridized carbons (Fsp3) is 0.0870. The molecule has 6 nitrogen and oxygen atoms in total. The van der Waals surface area contributed by atoms with Crippen molar-refractivity contribution < 1.29 is 14.3 Å². The lowest BCUT2D eigenvalue weighted by atomic mass is 10.1. The summed E-state index contributed by atoms with van der Waals surface area (Å²) in [7, 11) is 0. The molecule has 0 heterocycles. The highest BCUT2D eigenvalue weighted by Gasteiger charge is 2.11. The van der Waals surface area contributed by atoms with Crippen LogP contribution in [0.4, 0.5) is 5.69 Å². The van der Waals surface area contributed by atoms with Gasteiger partial charge in [0.25, 0.3) is 11.8 Å². The van der Waals surface area contributed by atoms with Crippen LogP contribution in [0.1, 0.15) is 22.8 Å². The van der Waals surface area contributed by atoms with Gasteiger partial charge in [0.1, 0.15) is 5.75 Å². The second kappa shape index (κ2) is 11.4. The van der Waals surface area contributed by atoms with Crippen LogP contribution in [0.15, 0.2) is 65.8 Å². The lowest BCUT2D eigenvalue weighted by Gasteiger charge is -2.09.